The molecule has 1 aliphatic rings. The number of nitrogens with two attached hydrogens (primary N) is 2. The number of hydrogen-bond acceptors (Lipinski definition) is 4. The van der Waals surface area contributed by atoms with Crippen molar-refractivity contribution >= 4 is 11.6 Å². The van der Waals surface area contributed by atoms with Crippen molar-refractivity contribution in [3.63, 3.8) is 0 Å². The number of benzene rings is 1. The lowest BCUT2D eigenvalue weighted by molar-refractivity contribution is -0.119. The summed E-state index contributed by atoms with van der Waals surface area (Å²) < 4.78 is 5.28. The molecule has 1 saturated carbocycles. The molecule has 5 nitrogen and oxygen atoms in total. The van der Waals surface area contributed by atoms with Gasteiger partial charge >= 0.3 is 0 Å². The van der Waals surface area contributed by atoms with Crippen molar-refractivity contribution in [1.29, 1.82) is 0 Å². The van der Waals surface area contributed by atoms with Gasteiger partial charge in [-0.1, -0.05) is 6.07 Å². The number of anilines is 1. The molecule has 1 aromatic rings. The van der Waals surface area contributed by atoms with E-state index >= 15 is 0 Å². The maximum Gasteiger partial charge on any atom is 0.255 e. The minimum absolute atomic E-state index is 0.0994. The van der Waals surface area contributed by atoms with Crippen LogP contribution in [0.4, 0.5) is 5.69 Å². The molecule has 0 aliphatic heterocycles. The minimum atomic E-state index is -0.475. The van der Waals surface area contributed by atoms with Crippen molar-refractivity contribution < 1.29 is 9.53 Å². The van der Waals surface area contributed by atoms with Crippen LogP contribution in [0.25, 0.3) is 0 Å². The molecule has 0 aromatic heterocycles. The Morgan fingerprint density at radius 3 is 3.00 bits per heavy atom. The molecular formula is C14H21N3O2. The summed E-state index contributed by atoms with van der Waals surface area (Å²) in [6.45, 7) is -0.0994. The molecule has 0 bridgehead atoms. The molecule has 2 unspecified atom stereocenters. The second-order valence-corrected chi connectivity index (χ2v) is 5.05. The predicted molar refractivity (Wildman–Crippen MR) is 75.0 cm³/mol. The Hall–Kier alpha value is -1.75. The van der Waals surface area contributed by atoms with Gasteiger partial charge < -0.3 is 21.5 Å². The molecule has 1 amide bonds. The molecule has 2 atom stereocenters. The van der Waals surface area contributed by atoms with Gasteiger partial charge in [0.05, 0.1) is 0 Å². The highest BCUT2D eigenvalue weighted by Gasteiger charge is 2.18. The van der Waals surface area contributed by atoms with E-state index in [1.165, 1.54) is 0 Å². The zero-order valence-corrected chi connectivity index (χ0v) is 11.0. The summed E-state index contributed by atoms with van der Waals surface area (Å²) in [6.07, 6.45) is 4.41. The summed E-state index contributed by atoms with van der Waals surface area (Å²) >= 11 is 0. The van der Waals surface area contributed by atoms with Gasteiger partial charge in [-0.15, -0.1) is 0 Å². The van der Waals surface area contributed by atoms with Gasteiger partial charge in [0.1, 0.15) is 5.75 Å². The summed E-state index contributed by atoms with van der Waals surface area (Å²) in [5.74, 6) is 0.167. The molecule has 5 heteroatoms. The van der Waals surface area contributed by atoms with Gasteiger partial charge in [0.2, 0.25) is 0 Å². The average Bonchev–Trinajstić information content (AvgIpc) is 2.37. The summed E-state index contributed by atoms with van der Waals surface area (Å²) in [5, 5.41) is 3.46. The SMILES string of the molecule is NC(=O)COc1cccc(NC2CCCC(N)C2)c1. The van der Waals surface area contributed by atoms with Gasteiger partial charge in [0.25, 0.3) is 5.91 Å². The highest BCUT2D eigenvalue weighted by molar-refractivity contribution is 5.75. The van der Waals surface area contributed by atoms with Crippen molar-refractivity contribution in [3.8, 4) is 5.75 Å². The lowest BCUT2D eigenvalue weighted by atomic mass is 9.91. The predicted octanol–water partition coefficient (Wildman–Crippen LogP) is 1.23. The number of rotatable bonds is 5. The van der Waals surface area contributed by atoms with Crippen molar-refractivity contribution in [2.75, 3.05) is 11.9 Å². The number of carbonyl (C=O) groups is 1. The van der Waals surface area contributed by atoms with Crippen molar-refractivity contribution in [2.45, 2.75) is 37.8 Å². The molecule has 19 heavy (non-hydrogen) atoms. The largest absolute Gasteiger partial charge is 0.484 e. The van der Waals surface area contributed by atoms with Crippen LogP contribution in [-0.2, 0) is 4.79 Å². The molecule has 0 heterocycles. The van der Waals surface area contributed by atoms with Gasteiger partial charge in [0, 0.05) is 23.8 Å². The van der Waals surface area contributed by atoms with Crippen LogP contribution >= 0.6 is 0 Å². The Labute approximate surface area is 113 Å². The Bertz CT molecular complexity index is 436. The third-order valence-electron chi connectivity index (χ3n) is 3.30. The maximum absolute atomic E-state index is 10.7. The first-order valence-corrected chi connectivity index (χ1v) is 6.67. The first-order valence-electron chi connectivity index (χ1n) is 6.67. The second-order valence-electron chi connectivity index (χ2n) is 5.05. The van der Waals surface area contributed by atoms with Crippen LogP contribution in [0.1, 0.15) is 25.7 Å². The Balaban J connectivity index is 1.92. The van der Waals surface area contributed by atoms with Crippen LogP contribution in [-0.4, -0.2) is 24.6 Å². The monoisotopic (exact) mass is 263 g/mol. The van der Waals surface area contributed by atoms with Crippen LogP contribution < -0.4 is 21.5 Å². The van der Waals surface area contributed by atoms with E-state index < -0.39 is 5.91 Å². The van der Waals surface area contributed by atoms with Gasteiger partial charge in [-0.3, -0.25) is 4.79 Å². The van der Waals surface area contributed by atoms with E-state index in [-0.39, 0.29) is 6.61 Å². The topological polar surface area (TPSA) is 90.4 Å². The van der Waals surface area contributed by atoms with E-state index in [1.807, 2.05) is 18.2 Å². The fraction of sp³-hybridized carbons (Fsp3) is 0.500. The van der Waals surface area contributed by atoms with E-state index in [0.29, 0.717) is 17.8 Å². The number of hydrogen-bond donors (Lipinski definition) is 3. The number of ether oxygens (including phenoxy) is 1. The van der Waals surface area contributed by atoms with E-state index in [1.54, 1.807) is 6.07 Å². The number of amides is 1. The zero-order chi connectivity index (χ0) is 13.7. The highest BCUT2D eigenvalue weighted by Crippen LogP contribution is 2.23. The quantitative estimate of drug-likeness (QED) is 0.745. The summed E-state index contributed by atoms with van der Waals surface area (Å²) in [4.78, 5) is 10.7. The van der Waals surface area contributed by atoms with E-state index in [0.717, 1.165) is 31.4 Å². The lowest BCUT2D eigenvalue weighted by Gasteiger charge is -2.28. The third kappa shape index (κ3) is 4.44. The Morgan fingerprint density at radius 2 is 2.26 bits per heavy atom. The normalized spacial score (nSPS) is 22.8. The fourth-order valence-electron chi connectivity index (χ4n) is 2.42. The molecule has 1 fully saturated rings. The highest BCUT2D eigenvalue weighted by atomic mass is 16.5. The number of primary amides is 1. The molecule has 104 valence electrons. The van der Waals surface area contributed by atoms with Crippen molar-refractivity contribution in [1.82, 2.24) is 0 Å². The molecular weight excluding hydrogens is 242 g/mol. The maximum atomic E-state index is 10.7. The van der Waals surface area contributed by atoms with Gasteiger partial charge in [-0.2, -0.15) is 0 Å². The summed E-state index contributed by atoms with van der Waals surface area (Å²) in [6, 6.07) is 8.26. The number of carbonyl (C=O) groups excluding carboxylic acids is 1. The molecule has 1 aliphatic carbocycles. The molecule has 1 aromatic carbocycles. The van der Waals surface area contributed by atoms with Crippen molar-refractivity contribution in [3.05, 3.63) is 24.3 Å². The standard InChI is InChI=1S/C14H21N3O2/c15-10-3-1-4-11(7-10)17-12-5-2-6-13(8-12)19-9-14(16)18/h2,5-6,8,10-11,17H,1,3-4,7,9,15H2,(H2,16,18). The molecule has 0 spiro atoms. The smallest absolute Gasteiger partial charge is 0.255 e. The van der Waals surface area contributed by atoms with Gasteiger partial charge in [-0.25, -0.2) is 0 Å². The van der Waals surface area contributed by atoms with Crippen LogP contribution in [0.2, 0.25) is 0 Å². The lowest BCUT2D eigenvalue weighted by Crippen LogP contribution is -2.34. The van der Waals surface area contributed by atoms with E-state index in [9.17, 15) is 4.79 Å². The first-order chi connectivity index (χ1) is 9.13. The van der Waals surface area contributed by atoms with Gasteiger partial charge in [-0.05, 0) is 37.8 Å². The number of nitrogens with one attached hydrogen (secondary N) is 1. The molecule has 0 saturated heterocycles. The van der Waals surface area contributed by atoms with E-state index in [4.69, 9.17) is 16.2 Å². The average molecular weight is 263 g/mol. The fourth-order valence-corrected chi connectivity index (χ4v) is 2.42. The van der Waals surface area contributed by atoms with E-state index in [2.05, 4.69) is 5.32 Å². The zero-order valence-electron chi connectivity index (χ0n) is 11.0. The summed E-state index contributed by atoms with van der Waals surface area (Å²) in [7, 11) is 0. The van der Waals surface area contributed by atoms with Crippen LogP contribution in [0.15, 0.2) is 24.3 Å². The minimum Gasteiger partial charge on any atom is -0.484 e. The van der Waals surface area contributed by atoms with Crippen LogP contribution in [0, 0.1) is 0 Å². The van der Waals surface area contributed by atoms with Crippen LogP contribution in [0.3, 0.4) is 0 Å². The Morgan fingerprint density at radius 1 is 1.42 bits per heavy atom. The molecule has 2 rings (SSSR count). The van der Waals surface area contributed by atoms with Crippen molar-refractivity contribution in [2.24, 2.45) is 11.5 Å². The summed E-state index contributed by atoms with van der Waals surface area (Å²) in [5.41, 5.74) is 12.0. The molecule has 0 radical (unpaired) electrons. The second kappa shape index (κ2) is 6.43. The Kier molecular flexibility index (Phi) is 4.63. The molecule has 5 N–H and O–H groups in total. The van der Waals surface area contributed by atoms with Gasteiger partial charge in [0.15, 0.2) is 6.61 Å². The first kappa shape index (κ1) is 13.7. The third-order valence-corrected chi connectivity index (χ3v) is 3.30. The van der Waals surface area contributed by atoms with Crippen LogP contribution in [0.5, 0.6) is 5.75 Å².